The minimum Gasteiger partial charge on any atom is -0.369 e. The van der Waals surface area contributed by atoms with E-state index in [1.165, 1.54) is 5.69 Å². The number of piperazine rings is 1. The lowest BCUT2D eigenvalue weighted by Gasteiger charge is -2.38. The van der Waals surface area contributed by atoms with Crippen LogP contribution >= 0.6 is 22.9 Å². The summed E-state index contributed by atoms with van der Waals surface area (Å²) in [5.74, 6) is 0.489. The maximum absolute atomic E-state index is 12.8. The fourth-order valence-corrected chi connectivity index (χ4v) is 6.65. The number of nitrogens with one attached hydrogen (secondary N) is 3. The molecule has 0 unspecified atom stereocenters. The lowest BCUT2D eigenvalue weighted by atomic mass is 10.1. The van der Waals surface area contributed by atoms with Crippen molar-refractivity contribution < 1.29 is 4.79 Å². The number of carbonyl (C=O) groups is 1. The maximum Gasteiger partial charge on any atom is 0.323 e. The highest BCUT2D eigenvalue weighted by Gasteiger charge is 2.21. The SMILES string of the molecule is CC(C)N1CCN(c2ccc(Nc3nccc(-c4c(-c5cccc(NC(=O)Nc6ccccc6Cl)c5)nc5sccn45)n3)cc2)CC1. The summed E-state index contributed by atoms with van der Waals surface area (Å²) in [7, 11) is 0. The second kappa shape index (κ2) is 13.4. The number of thiazole rings is 1. The summed E-state index contributed by atoms with van der Waals surface area (Å²) in [4.78, 5) is 32.9. The van der Waals surface area contributed by atoms with Gasteiger partial charge in [-0.2, -0.15) is 0 Å². The van der Waals surface area contributed by atoms with Gasteiger partial charge in [0.1, 0.15) is 5.69 Å². The first-order valence-electron chi connectivity index (χ1n) is 15.5. The van der Waals surface area contributed by atoms with Crippen molar-refractivity contribution in [2.24, 2.45) is 0 Å². The Kier molecular flexibility index (Phi) is 8.75. The number of aromatic nitrogens is 4. The van der Waals surface area contributed by atoms with Gasteiger partial charge >= 0.3 is 6.03 Å². The van der Waals surface area contributed by atoms with Gasteiger partial charge in [-0.05, 0) is 68.4 Å². The number of imidazole rings is 1. The molecule has 0 aliphatic carbocycles. The number of benzene rings is 3. The van der Waals surface area contributed by atoms with Gasteiger partial charge in [0.2, 0.25) is 5.95 Å². The van der Waals surface area contributed by atoms with Crippen molar-refractivity contribution in [1.82, 2.24) is 24.3 Å². The molecule has 238 valence electrons. The number of carbonyl (C=O) groups excluding carboxylic acids is 1. The molecule has 3 N–H and O–H groups in total. The van der Waals surface area contributed by atoms with Gasteiger partial charge in [-0.3, -0.25) is 9.30 Å². The van der Waals surface area contributed by atoms with Crippen LogP contribution in [0.15, 0.2) is 96.6 Å². The lowest BCUT2D eigenvalue weighted by molar-refractivity contribution is 0.209. The molecule has 0 bridgehead atoms. The van der Waals surface area contributed by atoms with E-state index in [4.69, 9.17) is 21.6 Å². The molecule has 2 amide bonds. The molecule has 3 aromatic heterocycles. The smallest absolute Gasteiger partial charge is 0.323 e. The van der Waals surface area contributed by atoms with Gasteiger partial charge in [-0.25, -0.2) is 19.7 Å². The average Bonchev–Trinajstić information content (AvgIpc) is 3.69. The summed E-state index contributed by atoms with van der Waals surface area (Å²) in [6.07, 6.45) is 3.74. The molecule has 12 heteroatoms. The number of rotatable bonds is 8. The third-order valence-corrected chi connectivity index (χ3v) is 9.30. The Morgan fingerprint density at radius 3 is 2.49 bits per heavy atom. The van der Waals surface area contributed by atoms with Crippen molar-refractivity contribution >= 4 is 62.6 Å². The van der Waals surface area contributed by atoms with E-state index < -0.39 is 6.03 Å². The van der Waals surface area contributed by atoms with Crippen molar-refractivity contribution in [2.45, 2.75) is 19.9 Å². The van der Waals surface area contributed by atoms with Crippen LogP contribution in [0.4, 0.5) is 33.5 Å². The van der Waals surface area contributed by atoms with Crippen molar-refractivity contribution in [3.63, 3.8) is 0 Å². The Morgan fingerprint density at radius 2 is 1.70 bits per heavy atom. The minimum atomic E-state index is -0.394. The second-order valence-electron chi connectivity index (χ2n) is 11.6. The van der Waals surface area contributed by atoms with Crippen LogP contribution in [0.25, 0.3) is 27.6 Å². The Labute approximate surface area is 282 Å². The molecule has 7 rings (SSSR count). The molecule has 0 radical (unpaired) electrons. The lowest BCUT2D eigenvalue weighted by Crippen LogP contribution is -2.48. The van der Waals surface area contributed by atoms with Crippen molar-refractivity contribution in [3.8, 4) is 22.6 Å². The van der Waals surface area contributed by atoms with E-state index in [0.29, 0.717) is 28.4 Å². The predicted molar refractivity (Wildman–Crippen MR) is 192 cm³/mol. The van der Waals surface area contributed by atoms with Crippen LogP contribution in [0.5, 0.6) is 0 Å². The first kappa shape index (κ1) is 30.7. The van der Waals surface area contributed by atoms with Crippen LogP contribution in [0.3, 0.4) is 0 Å². The van der Waals surface area contributed by atoms with E-state index in [1.54, 1.807) is 29.7 Å². The standard InChI is InChI=1S/C35H34ClN9OS/c1-23(2)43-16-18-44(19-17-43)27-12-10-25(11-13-27)38-33-37-15-14-30(40-33)32-31(42-35-45(32)20-21-47-35)24-6-5-7-26(22-24)39-34(46)41-29-9-4-3-8-28(29)36/h3-15,20-23H,16-19H2,1-2H3,(H,37,38,40)(H2,39,41,46). The minimum absolute atomic E-state index is 0.394. The first-order chi connectivity index (χ1) is 22.9. The van der Waals surface area contributed by atoms with Gasteiger partial charge in [0.25, 0.3) is 0 Å². The molecule has 1 fully saturated rings. The van der Waals surface area contributed by atoms with Crippen LogP contribution in [0.1, 0.15) is 13.8 Å². The number of para-hydroxylation sites is 1. The third-order valence-electron chi connectivity index (χ3n) is 8.21. The summed E-state index contributed by atoms with van der Waals surface area (Å²) in [5, 5.41) is 11.5. The molecular weight excluding hydrogens is 630 g/mol. The number of amides is 2. The highest BCUT2D eigenvalue weighted by atomic mass is 35.5. The van der Waals surface area contributed by atoms with E-state index in [2.05, 4.69) is 68.8 Å². The molecule has 10 nitrogen and oxygen atoms in total. The molecule has 4 heterocycles. The quantitative estimate of drug-likeness (QED) is 0.151. The van der Waals surface area contributed by atoms with Gasteiger partial charge in [-0.1, -0.05) is 35.9 Å². The normalized spacial score (nSPS) is 13.7. The second-order valence-corrected chi connectivity index (χ2v) is 12.8. The Morgan fingerprint density at radius 1 is 0.894 bits per heavy atom. The summed E-state index contributed by atoms with van der Waals surface area (Å²) in [5.41, 5.74) is 6.42. The molecule has 0 spiro atoms. The summed E-state index contributed by atoms with van der Waals surface area (Å²) < 4.78 is 2.03. The van der Waals surface area contributed by atoms with E-state index >= 15 is 0 Å². The number of halogens is 1. The van der Waals surface area contributed by atoms with Gasteiger partial charge < -0.3 is 20.9 Å². The van der Waals surface area contributed by atoms with Gasteiger partial charge in [0, 0.05) is 72.6 Å². The van der Waals surface area contributed by atoms with Crippen LogP contribution in [0, 0.1) is 0 Å². The molecular formula is C35H34ClN9OS. The Hall–Kier alpha value is -4.97. The number of nitrogens with zero attached hydrogens (tertiary/aromatic N) is 6. The van der Waals surface area contributed by atoms with Crippen LogP contribution in [-0.2, 0) is 0 Å². The molecule has 1 aliphatic rings. The molecule has 3 aromatic carbocycles. The van der Waals surface area contributed by atoms with Gasteiger partial charge in [0.15, 0.2) is 4.96 Å². The monoisotopic (exact) mass is 663 g/mol. The fraction of sp³-hybridized carbons (Fsp3) is 0.200. The fourth-order valence-electron chi connectivity index (χ4n) is 5.76. The average molecular weight is 664 g/mol. The molecule has 6 aromatic rings. The zero-order valence-corrected chi connectivity index (χ0v) is 27.6. The number of anilines is 5. The van der Waals surface area contributed by atoms with Crippen LogP contribution in [-0.4, -0.2) is 62.5 Å². The summed E-state index contributed by atoms with van der Waals surface area (Å²) in [6.45, 7) is 8.71. The zero-order chi connectivity index (χ0) is 32.3. The molecule has 1 aliphatic heterocycles. The highest BCUT2D eigenvalue weighted by Crippen LogP contribution is 2.35. The molecule has 47 heavy (non-hydrogen) atoms. The first-order valence-corrected chi connectivity index (χ1v) is 16.7. The third kappa shape index (κ3) is 6.78. The topological polar surface area (TPSA) is 103 Å². The van der Waals surface area contributed by atoms with Gasteiger partial charge in [0.05, 0.1) is 22.1 Å². The Balaban J connectivity index is 1.10. The number of hydrogen-bond donors (Lipinski definition) is 3. The zero-order valence-electron chi connectivity index (χ0n) is 26.0. The van der Waals surface area contributed by atoms with Gasteiger partial charge in [-0.15, -0.1) is 11.3 Å². The molecule has 1 saturated heterocycles. The number of fused-ring (bicyclic) bond motifs is 1. The largest absolute Gasteiger partial charge is 0.369 e. The predicted octanol–water partition coefficient (Wildman–Crippen LogP) is 8.09. The van der Waals surface area contributed by atoms with E-state index in [0.717, 1.165) is 59.5 Å². The number of hydrogen-bond acceptors (Lipinski definition) is 8. The number of urea groups is 1. The van der Waals surface area contributed by atoms with Crippen LogP contribution < -0.4 is 20.9 Å². The van der Waals surface area contributed by atoms with Crippen LogP contribution in [0.2, 0.25) is 5.02 Å². The highest BCUT2D eigenvalue weighted by molar-refractivity contribution is 7.15. The Bertz CT molecular complexity index is 2020. The maximum atomic E-state index is 12.8. The van der Waals surface area contributed by atoms with E-state index in [9.17, 15) is 4.79 Å². The molecule has 0 saturated carbocycles. The van der Waals surface area contributed by atoms with E-state index in [1.807, 2.05) is 58.4 Å². The molecule has 0 atom stereocenters. The van der Waals surface area contributed by atoms with E-state index in [-0.39, 0.29) is 0 Å². The van der Waals surface area contributed by atoms with Crippen molar-refractivity contribution in [2.75, 3.05) is 47.0 Å². The summed E-state index contributed by atoms with van der Waals surface area (Å²) >= 11 is 7.76. The van der Waals surface area contributed by atoms with Crippen molar-refractivity contribution in [3.05, 3.63) is 102 Å². The summed E-state index contributed by atoms with van der Waals surface area (Å²) in [6, 6.07) is 25.2. The van der Waals surface area contributed by atoms with Crippen molar-refractivity contribution in [1.29, 1.82) is 0 Å².